The van der Waals surface area contributed by atoms with Crippen LogP contribution in [0.15, 0.2) is 21.1 Å². The summed E-state index contributed by atoms with van der Waals surface area (Å²) in [5.74, 6) is 0.923. The predicted molar refractivity (Wildman–Crippen MR) is 79.0 cm³/mol. The van der Waals surface area contributed by atoms with E-state index in [1.165, 1.54) is 0 Å². The Bertz CT molecular complexity index is 597. The first-order valence-electron chi connectivity index (χ1n) is 5.91. The van der Waals surface area contributed by atoms with E-state index in [4.69, 9.17) is 26.3 Å². The molecular weight excluding hydrogens is 302 g/mol. The van der Waals surface area contributed by atoms with Gasteiger partial charge < -0.3 is 20.0 Å². The first-order chi connectivity index (χ1) is 9.63. The highest BCUT2D eigenvalue weighted by Crippen LogP contribution is 2.29. The van der Waals surface area contributed by atoms with Crippen molar-refractivity contribution >= 4 is 35.2 Å². The number of nitrogens with two attached hydrogens (primary N) is 1. The van der Waals surface area contributed by atoms with Gasteiger partial charge in [-0.25, -0.2) is 0 Å². The molecule has 6 nitrogen and oxygen atoms in total. The van der Waals surface area contributed by atoms with Gasteiger partial charge in [0.25, 0.3) is 5.91 Å². The Hall–Kier alpha value is -1.60. The minimum atomic E-state index is -0.340. The number of thioether (sulfide) groups is 1. The normalized spacial score (nSPS) is 10.7. The zero-order valence-electron chi connectivity index (χ0n) is 10.8. The van der Waals surface area contributed by atoms with Crippen LogP contribution in [0.1, 0.15) is 16.8 Å². The van der Waals surface area contributed by atoms with E-state index in [-0.39, 0.29) is 28.3 Å². The highest BCUT2D eigenvalue weighted by molar-refractivity contribution is 7.98. The molecule has 0 radical (unpaired) electrons. The zero-order chi connectivity index (χ0) is 14.5. The Balaban J connectivity index is 2.15. The van der Waals surface area contributed by atoms with Crippen LogP contribution in [0.2, 0.25) is 5.22 Å². The summed E-state index contributed by atoms with van der Waals surface area (Å²) in [6, 6.07) is 3.16. The lowest BCUT2D eigenvalue weighted by molar-refractivity contribution is 0.0954. The molecule has 108 valence electrons. The van der Waals surface area contributed by atoms with Crippen molar-refractivity contribution in [2.45, 2.75) is 6.42 Å². The minimum absolute atomic E-state index is 0.0464. The summed E-state index contributed by atoms with van der Waals surface area (Å²) >= 11 is 7.43. The second-order valence-electron chi connectivity index (χ2n) is 3.98. The molecule has 0 aliphatic carbocycles. The number of nitrogens with one attached hydrogen (secondary N) is 1. The van der Waals surface area contributed by atoms with Gasteiger partial charge in [-0.3, -0.25) is 4.79 Å². The lowest BCUT2D eigenvalue weighted by Gasteiger charge is -2.03. The lowest BCUT2D eigenvalue weighted by Crippen LogP contribution is -2.25. The molecule has 2 heterocycles. The SMILES string of the molecule is CSCCCNC(=O)c1c(-c2ccc(Cl)o2)noc1N. The number of amides is 1. The number of nitrogens with zero attached hydrogens (tertiary/aromatic N) is 1. The highest BCUT2D eigenvalue weighted by atomic mass is 35.5. The van der Waals surface area contributed by atoms with Crippen LogP contribution in [0.3, 0.4) is 0 Å². The van der Waals surface area contributed by atoms with Crippen LogP contribution in [-0.4, -0.2) is 29.6 Å². The van der Waals surface area contributed by atoms with E-state index in [0.29, 0.717) is 12.3 Å². The standard InChI is InChI=1S/C12H14ClN3O3S/c1-20-6-2-5-15-12(17)9-10(16-19-11(9)14)7-3-4-8(13)18-7/h3-4H,2,5-6,14H2,1H3,(H,15,17). The summed E-state index contributed by atoms with van der Waals surface area (Å²) in [5.41, 5.74) is 6.06. The number of nitrogen functional groups attached to an aromatic ring is 1. The third kappa shape index (κ3) is 3.29. The third-order valence-electron chi connectivity index (χ3n) is 2.56. The number of furan rings is 1. The molecule has 0 aromatic carbocycles. The summed E-state index contributed by atoms with van der Waals surface area (Å²) in [5, 5.41) is 6.72. The Morgan fingerprint density at radius 1 is 1.55 bits per heavy atom. The van der Waals surface area contributed by atoms with Gasteiger partial charge >= 0.3 is 0 Å². The maximum atomic E-state index is 12.1. The van der Waals surface area contributed by atoms with Crippen molar-refractivity contribution in [1.82, 2.24) is 10.5 Å². The van der Waals surface area contributed by atoms with Gasteiger partial charge in [-0.1, -0.05) is 5.16 Å². The van der Waals surface area contributed by atoms with Crippen LogP contribution in [0.4, 0.5) is 5.88 Å². The van der Waals surface area contributed by atoms with E-state index >= 15 is 0 Å². The highest BCUT2D eigenvalue weighted by Gasteiger charge is 2.24. The quantitative estimate of drug-likeness (QED) is 0.796. The number of hydrogen-bond acceptors (Lipinski definition) is 6. The number of hydrogen-bond donors (Lipinski definition) is 2. The summed E-state index contributed by atoms with van der Waals surface area (Å²) in [6.45, 7) is 0.558. The molecule has 8 heteroatoms. The number of carbonyl (C=O) groups is 1. The van der Waals surface area contributed by atoms with Gasteiger partial charge in [0.15, 0.2) is 16.7 Å². The van der Waals surface area contributed by atoms with Crippen molar-refractivity contribution in [2.24, 2.45) is 0 Å². The summed E-state index contributed by atoms with van der Waals surface area (Å²) in [4.78, 5) is 12.1. The smallest absolute Gasteiger partial charge is 0.259 e. The largest absolute Gasteiger partial charge is 0.443 e. The lowest BCUT2D eigenvalue weighted by atomic mass is 10.2. The average Bonchev–Trinajstić information content (AvgIpc) is 3.00. The van der Waals surface area contributed by atoms with Gasteiger partial charge in [0.1, 0.15) is 5.56 Å². The first kappa shape index (κ1) is 14.8. The number of rotatable bonds is 6. The van der Waals surface area contributed by atoms with Crippen LogP contribution < -0.4 is 11.1 Å². The summed E-state index contributed by atoms with van der Waals surface area (Å²) in [6.07, 6.45) is 2.89. The Morgan fingerprint density at radius 2 is 2.35 bits per heavy atom. The number of anilines is 1. The van der Waals surface area contributed by atoms with Crippen LogP contribution >= 0.6 is 23.4 Å². The van der Waals surface area contributed by atoms with Gasteiger partial charge in [0.05, 0.1) is 0 Å². The third-order valence-corrected chi connectivity index (χ3v) is 3.46. The van der Waals surface area contributed by atoms with E-state index in [2.05, 4.69) is 10.5 Å². The molecule has 0 fully saturated rings. The fourth-order valence-corrected chi connectivity index (χ4v) is 2.22. The molecular formula is C12H14ClN3O3S. The molecule has 0 saturated carbocycles. The van der Waals surface area contributed by atoms with E-state index in [9.17, 15) is 4.79 Å². The zero-order valence-corrected chi connectivity index (χ0v) is 12.4. The molecule has 1 amide bonds. The Labute approximate surface area is 125 Å². The molecule has 2 aromatic rings. The van der Waals surface area contributed by atoms with E-state index in [1.807, 2.05) is 6.26 Å². The molecule has 0 aliphatic rings. The maximum absolute atomic E-state index is 12.1. The maximum Gasteiger partial charge on any atom is 0.259 e. The fourth-order valence-electron chi connectivity index (χ4n) is 1.64. The van der Waals surface area contributed by atoms with Crippen LogP contribution in [0, 0.1) is 0 Å². The van der Waals surface area contributed by atoms with Crippen molar-refractivity contribution in [3.05, 3.63) is 22.9 Å². The monoisotopic (exact) mass is 315 g/mol. The van der Waals surface area contributed by atoms with Crippen molar-refractivity contribution < 1.29 is 13.7 Å². The average molecular weight is 316 g/mol. The molecule has 0 aliphatic heterocycles. The van der Waals surface area contributed by atoms with Gasteiger partial charge in [0.2, 0.25) is 5.88 Å². The first-order valence-corrected chi connectivity index (χ1v) is 7.68. The van der Waals surface area contributed by atoms with Gasteiger partial charge in [-0.2, -0.15) is 11.8 Å². The second kappa shape index (κ2) is 6.71. The second-order valence-corrected chi connectivity index (χ2v) is 5.33. The summed E-state index contributed by atoms with van der Waals surface area (Å²) in [7, 11) is 0. The molecule has 0 atom stereocenters. The predicted octanol–water partition coefficient (Wildman–Crippen LogP) is 2.65. The summed E-state index contributed by atoms with van der Waals surface area (Å²) < 4.78 is 10.1. The Morgan fingerprint density at radius 3 is 3.00 bits per heavy atom. The van der Waals surface area contributed by atoms with Crippen LogP contribution in [0.25, 0.3) is 11.5 Å². The molecule has 0 spiro atoms. The minimum Gasteiger partial charge on any atom is -0.443 e. The Kier molecular flexibility index (Phi) is 4.97. The number of carbonyl (C=O) groups excluding carboxylic acids is 1. The fraction of sp³-hybridized carbons (Fsp3) is 0.333. The topological polar surface area (TPSA) is 94.3 Å². The molecule has 0 saturated heterocycles. The number of aromatic nitrogens is 1. The van der Waals surface area contributed by atoms with Crippen molar-refractivity contribution in [2.75, 3.05) is 24.3 Å². The van der Waals surface area contributed by atoms with Crippen molar-refractivity contribution in [1.29, 1.82) is 0 Å². The molecule has 0 unspecified atom stereocenters. The van der Waals surface area contributed by atoms with Gasteiger partial charge in [-0.05, 0) is 42.2 Å². The van der Waals surface area contributed by atoms with E-state index < -0.39 is 0 Å². The van der Waals surface area contributed by atoms with Crippen molar-refractivity contribution in [3.63, 3.8) is 0 Å². The van der Waals surface area contributed by atoms with E-state index in [0.717, 1.165) is 12.2 Å². The molecule has 20 heavy (non-hydrogen) atoms. The molecule has 2 aromatic heterocycles. The van der Waals surface area contributed by atoms with Crippen molar-refractivity contribution in [3.8, 4) is 11.5 Å². The number of halogens is 1. The van der Waals surface area contributed by atoms with Crippen LogP contribution in [-0.2, 0) is 0 Å². The van der Waals surface area contributed by atoms with Gasteiger partial charge in [0, 0.05) is 6.54 Å². The molecule has 0 bridgehead atoms. The molecule has 3 N–H and O–H groups in total. The van der Waals surface area contributed by atoms with Crippen LogP contribution in [0.5, 0.6) is 0 Å². The molecule has 2 rings (SSSR count). The van der Waals surface area contributed by atoms with Gasteiger partial charge in [-0.15, -0.1) is 0 Å². The van der Waals surface area contributed by atoms with E-state index in [1.54, 1.807) is 23.9 Å².